The van der Waals surface area contributed by atoms with Crippen molar-refractivity contribution in [3.8, 4) is 22.5 Å². The lowest BCUT2D eigenvalue weighted by atomic mass is 10.0. The molecule has 0 aliphatic carbocycles. The molecule has 3 aromatic heterocycles. The Balaban J connectivity index is 1.57. The van der Waals surface area contributed by atoms with E-state index in [1.54, 1.807) is 0 Å². The summed E-state index contributed by atoms with van der Waals surface area (Å²) in [5.74, 6) is 1.63. The van der Waals surface area contributed by atoms with Crippen molar-refractivity contribution < 1.29 is 4.74 Å². The van der Waals surface area contributed by atoms with Gasteiger partial charge in [0, 0.05) is 43.6 Å². The van der Waals surface area contributed by atoms with E-state index in [2.05, 4.69) is 76.8 Å². The van der Waals surface area contributed by atoms with E-state index >= 15 is 0 Å². The van der Waals surface area contributed by atoms with Crippen LogP contribution in [0.4, 0.5) is 17.5 Å². The molecule has 8 heteroatoms. The van der Waals surface area contributed by atoms with Gasteiger partial charge in [0.1, 0.15) is 11.5 Å². The number of pyridine rings is 1. The van der Waals surface area contributed by atoms with Crippen LogP contribution in [-0.4, -0.2) is 59.0 Å². The van der Waals surface area contributed by atoms with Gasteiger partial charge in [0.2, 0.25) is 5.95 Å². The highest BCUT2D eigenvalue weighted by Gasteiger charge is 2.20. The summed E-state index contributed by atoms with van der Waals surface area (Å²) in [6, 6.07) is 17.0. The molecule has 1 saturated heterocycles. The van der Waals surface area contributed by atoms with E-state index < -0.39 is 0 Å². The molecule has 0 saturated carbocycles. The minimum atomic E-state index is 0.649. The number of hydrogen-bond donors (Lipinski definition) is 2. The summed E-state index contributed by atoms with van der Waals surface area (Å²) in [7, 11) is 0. The van der Waals surface area contributed by atoms with Crippen molar-refractivity contribution in [2.75, 3.05) is 54.9 Å². The van der Waals surface area contributed by atoms with Gasteiger partial charge in [-0.2, -0.15) is 5.10 Å². The molecule has 5 rings (SSSR count). The molecule has 0 spiro atoms. The lowest BCUT2D eigenvalue weighted by Crippen LogP contribution is -2.36. The van der Waals surface area contributed by atoms with Crippen LogP contribution in [-0.2, 0) is 4.74 Å². The highest BCUT2D eigenvalue weighted by atomic mass is 16.5. The molecule has 4 aromatic rings. The topological polar surface area (TPSA) is 79.6 Å². The Morgan fingerprint density at radius 3 is 2.41 bits per heavy atom. The van der Waals surface area contributed by atoms with Gasteiger partial charge >= 0.3 is 0 Å². The summed E-state index contributed by atoms with van der Waals surface area (Å²) in [6.45, 7) is 9.53. The molecule has 0 atom stereocenters. The quantitative estimate of drug-likeness (QED) is 0.256. The van der Waals surface area contributed by atoms with Crippen molar-refractivity contribution in [1.29, 1.82) is 0 Å². The van der Waals surface area contributed by atoms with Crippen LogP contribution in [0.15, 0.2) is 54.7 Å². The molecule has 194 valence electrons. The summed E-state index contributed by atoms with van der Waals surface area (Å²) in [5, 5.41) is 12.1. The van der Waals surface area contributed by atoms with Crippen LogP contribution in [0.5, 0.6) is 0 Å². The molecular weight excluding hydrogens is 462 g/mol. The average Bonchev–Trinajstić information content (AvgIpc) is 3.35. The molecule has 0 bridgehead atoms. The van der Waals surface area contributed by atoms with Crippen LogP contribution in [0.25, 0.3) is 28.0 Å². The maximum atomic E-state index is 5.52. The maximum absolute atomic E-state index is 5.52. The highest BCUT2D eigenvalue weighted by molar-refractivity contribution is 5.92. The number of hydrogen-bond acceptors (Lipinski definition) is 7. The van der Waals surface area contributed by atoms with Crippen molar-refractivity contribution in [1.82, 2.24) is 19.6 Å². The summed E-state index contributed by atoms with van der Waals surface area (Å²) in [4.78, 5) is 11.7. The Morgan fingerprint density at radius 1 is 0.892 bits per heavy atom. The Hall–Kier alpha value is -3.65. The highest BCUT2D eigenvalue weighted by Crippen LogP contribution is 2.36. The number of anilines is 3. The lowest BCUT2D eigenvalue weighted by Gasteiger charge is -2.28. The molecule has 0 unspecified atom stereocenters. The number of fused-ring (bicyclic) bond motifs is 1. The average molecular weight is 500 g/mol. The summed E-state index contributed by atoms with van der Waals surface area (Å²) >= 11 is 0. The van der Waals surface area contributed by atoms with Gasteiger partial charge in [-0.05, 0) is 43.2 Å². The van der Waals surface area contributed by atoms with Gasteiger partial charge in [-0.3, -0.25) is 0 Å². The van der Waals surface area contributed by atoms with Gasteiger partial charge in [-0.1, -0.05) is 44.9 Å². The third kappa shape index (κ3) is 5.69. The van der Waals surface area contributed by atoms with Crippen LogP contribution < -0.4 is 15.5 Å². The first-order chi connectivity index (χ1) is 18.3. The summed E-state index contributed by atoms with van der Waals surface area (Å²) in [5.41, 5.74) is 6.09. The van der Waals surface area contributed by atoms with Gasteiger partial charge in [-0.15, -0.1) is 0 Å². The first-order valence-electron chi connectivity index (χ1n) is 13.5. The van der Waals surface area contributed by atoms with Crippen molar-refractivity contribution in [3.05, 3.63) is 54.7 Å². The molecule has 8 nitrogen and oxygen atoms in total. The normalized spacial score (nSPS) is 13.7. The predicted molar refractivity (Wildman–Crippen MR) is 151 cm³/mol. The molecule has 4 heterocycles. The Labute approximate surface area is 219 Å². The first-order valence-corrected chi connectivity index (χ1v) is 13.5. The maximum Gasteiger partial charge on any atom is 0.223 e. The fourth-order valence-electron chi connectivity index (χ4n) is 4.66. The second-order valence-electron chi connectivity index (χ2n) is 9.40. The zero-order valence-corrected chi connectivity index (χ0v) is 21.9. The molecule has 2 N–H and O–H groups in total. The molecule has 37 heavy (non-hydrogen) atoms. The number of ether oxygens (including phenoxy) is 1. The van der Waals surface area contributed by atoms with Gasteiger partial charge < -0.3 is 20.3 Å². The van der Waals surface area contributed by atoms with Gasteiger partial charge in [0.15, 0.2) is 0 Å². The monoisotopic (exact) mass is 499 g/mol. The molecule has 1 aliphatic heterocycles. The number of nitrogens with one attached hydrogen (secondary N) is 2. The smallest absolute Gasteiger partial charge is 0.223 e. The summed E-state index contributed by atoms with van der Waals surface area (Å²) < 4.78 is 7.54. The molecule has 1 fully saturated rings. The van der Waals surface area contributed by atoms with Crippen molar-refractivity contribution in [2.45, 2.75) is 39.5 Å². The second-order valence-corrected chi connectivity index (χ2v) is 9.40. The van der Waals surface area contributed by atoms with Gasteiger partial charge in [-0.25, -0.2) is 14.5 Å². The van der Waals surface area contributed by atoms with E-state index in [4.69, 9.17) is 14.8 Å². The van der Waals surface area contributed by atoms with Crippen LogP contribution in [0.2, 0.25) is 0 Å². The zero-order valence-electron chi connectivity index (χ0n) is 21.9. The van der Waals surface area contributed by atoms with E-state index in [9.17, 15) is 0 Å². The fourth-order valence-corrected chi connectivity index (χ4v) is 4.66. The molecule has 1 aliphatic rings. The Kier molecular flexibility index (Phi) is 8.15. The minimum Gasteiger partial charge on any atom is -0.378 e. The first kappa shape index (κ1) is 25.0. The third-order valence-electron chi connectivity index (χ3n) is 6.74. The van der Waals surface area contributed by atoms with Crippen LogP contribution in [0.3, 0.4) is 0 Å². The number of nitrogens with zero attached hydrogens (tertiary/aromatic N) is 5. The number of unbranched alkanes of at least 4 members (excludes halogenated alkanes) is 2. The van der Waals surface area contributed by atoms with E-state index in [0.717, 1.165) is 98.9 Å². The standard InChI is InChI=1S/C29H37N7O/c1-3-5-15-30-26-9-7-8-25-27(24-14-17-32-29(33-24)31-16-6-4-2)28(34-36(25)26)22-10-12-23(13-11-22)35-18-20-37-21-19-35/h7-14,17,30H,3-6,15-16,18-21H2,1-2H3,(H,31,32,33). The number of aromatic nitrogens is 4. The lowest BCUT2D eigenvalue weighted by molar-refractivity contribution is 0.122. The largest absolute Gasteiger partial charge is 0.378 e. The molecule has 1 aromatic carbocycles. The molecule has 0 amide bonds. The van der Waals surface area contributed by atoms with E-state index in [0.29, 0.717) is 5.95 Å². The zero-order chi connectivity index (χ0) is 25.5. The minimum absolute atomic E-state index is 0.649. The van der Waals surface area contributed by atoms with Crippen molar-refractivity contribution >= 4 is 23.0 Å². The summed E-state index contributed by atoms with van der Waals surface area (Å²) in [6.07, 6.45) is 6.29. The van der Waals surface area contributed by atoms with Crippen molar-refractivity contribution in [3.63, 3.8) is 0 Å². The van der Waals surface area contributed by atoms with E-state index in [1.807, 2.05) is 16.8 Å². The third-order valence-corrected chi connectivity index (χ3v) is 6.74. The van der Waals surface area contributed by atoms with Crippen LogP contribution in [0.1, 0.15) is 39.5 Å². The van der Waals surface area contributed by atoms with Gasteiger partial charge in [0.25, 0.3) is 0 Å². The van der Waals surface area contributed by atoms with Gasteiger partial charge in [0.05, 0.1) is 30.0 Å². The number of benzene rings is 1. The van der Waals surface area contributed by atoms with E-state index in [1.165, 1.54) is 5.69 Å². The SMILES string of the molecule is CCCCNc1nccc(-c2c(-c3ccc(N4CCOCC4)cc3)nn3c(NCCCC)cccc23)n1. The molecular formula is C29H37N7O. The predicted octanol–water partition coefficient (Wildman–Crippen LogP) is 5.72. The van der Waals surface area contributed by atoms with Crippen molar-refractivity contribution in [2.24, 2.45) is 0 Å². The Bertz CT molecular complexity index is 1300. The Morgan fingerprint density at radius 2 is 1.65 bits per heavy atom. The number of rotatable bonds is 11. The number of morpholine rings is 1. The molecule has 0 radical (unpaired) electrons. The van der Waals surface area contributed by atoms with Crippen LogP contribution >= 0.6 is 0 Å². The van der Waals surface area contributed by atoms with Crippen LogP contribution in [0, 0.1) is 0 Å². The van der Waals surface area contributed by atoms with E-state index in [-0.39, 0.29) is 0 Å². The second kappa shape index (κ2) is 12.1. The fraction of sp³-hybridized carbons (Fsp3) is 0.414.